The third-order valence-corrected chi connectivity index (χ3v) is 6.03. The lowest BCUT2D eigenvalue weighted by atomic mass is 10.1. The second kappa shape index (κ2) is 9.52. The minimum Gasteiger partial charge on any atom is -0.477 e. The van der Waals surface area contributed by atoms with Crippen molar-refractivity contribution in [2.45, 2.75) is 6.54 Å². The van der Waals surface area contributed by atoms with E-state index in [1.54, 1.807) is 85.2 Å². The van der Waals surface area contributed by atoms with Crippen molar-refractivity contribution in [1.29, 1.82) is 0 Å². The van der Waals surface area contributed by atoms with Crippen LogP contribution in [0, 0.1) is 0 Å². The number of hydrogen-bond donors (Lipinski definition) is 3. The molecule has 0 spiro atoms. The Hall–Kier alpha value is -4.69. The summed E-state index contributed by atoms with van der Waals surface area (Å²) in [6, 6.07) is 20.3. The first-order chi connectivity index (χ1) is 17.4. The van der Waals surface area contributed by atoms with Gasteiger partial charge in [-0.3, -0.25) is 9.59 Å². The standard InChI is InChI=1S/C27H19ClN4O4/c28-18-10-11-20-22(14-18)32(19-4-2-1-3-5-19)23(27(35)36)21(24(20)33)15-31-26(34)17-8-6-16(7-9-17)25-29-12-13-30-25/h1-14H,15H2,(H,29,30)(H,31,34)(H,35,36). The number of aromatic carboxylic acids is 1. The maximum atomic E-state index is 13.4. The van der Waals surface area contributed by atoms with E-state index in [0.29, 0.717) is 33.0 Å². The average molecular weight is 499 g/mol. The lowest BCUT2D eigenvalue weighted by molar-refractivity contribution is 0.0685. The molecule has 8 nitrogen and oxygen atoms in total. The van der Waals surface area contributed by atoms with E-state index in [9.17, 15) is 19.5 Å². The number of H-pyrrole nitrogens is 1. The van der Waals surface area contributed by atoms with E-state index in [2.05, 4.69) is 15.3 Å². The van der Waals surface area contributed by atoms with Crippen LogP contribution in [0.3, 0.4) is 0 Å². The third-order valence-electron chi connectivity index (χ3n) is 5.79. The number of benzene rings is 3. The molecule has 0 bridgehead atoms. The Labute approximate surface area is 209 Å². The Bertz CT molecular complexity index is 1640. The predicted molar refractivity (Wildman–Crippen MR) is 137 cm³/mol. The number of pyridine rings is 1. The first kappa shape index (κ1) is 23.1. The van der Waals surface area contributed by atoms with Gasteiger partial charge in [0.1, 0.15) is 11.5 Å². The van der Waals surface area contributed by atoms with Gasteiger partial charge in [0.2, 0.25) is 0 Å². The molecule has 0 saturated carbocycles. The van der Waals surface area contributed by atoms with E-state index in [4.69, 9.17) is 11.6 Å². The molecule has 0 aliphatic carbocycles. The van der Waals surface area contributed by atoms with Crippen molar-refractivity contribution in [2.75, 3.05) is 0 Å². The van der Waals surface area contributed by atoms with Crippen molar-refractivity contribution in [3.05, 3.63) is 117 Å². The van der Waals surface area contributed by atoms with E-state index in [0.717, 1.165) is 5.56 Å². The summed E-state index contributed by atoms with van der Waals surface area (Å²) in [5.74, 6) is -1.07. The van der Waals surface area contributed by atoms with Crippen molar-refractivity contribution >= 4 is 34.4 Å². The molecule has 0 fully saturated rings. The van der Waals surface area contributed by atoms with Crippen LogP contribution in [0.2, 0.25) is 5.02 Å². The zero-order valence-electron chi connectivity index (χ0n) is 18.7. The maximum absolute atomic E-state index is 13.4. The fourth-order valence-corrected chi connectivity index (χ4v) is 4.28. The Balaban J connectivity index is 1.55. The highest BCUT2D eigenvalue weighted by Gasteiger charge is 2.24. The number of carboxylic acids is 1. The topological polar surface area (TPSA) is 117 Å². The van der Waals surface area contributed by atoms with Crippen LogP contribution in [-0.2, 0) is 6.54 Å². The Morgan fingerprint density at radius 3 is 2.44 bits per heavy atom. The van der Waals surface area contributed by atoms with Gasteiger partial charge < -0.3 is 20.0 Å². The molecule has 0 atom stereocenters. The van der Waals surface area contributed by atoms with Crippen LogP contribution in [0.5, 0.6) is 0 Å². The number of carboxylic acid groups (broad SMARTS) is 1. The normalized spacial score (nSPS) is 10.9. The number of rotatable bonds is 6. The number of carbonyl (C=O) groups is 2. The van der Waals surface area contributed by atoms with Gasteiger partial charge in [-0.25, -0.2) is 9.78 Å². The van der Waals surface area contributed by atoms with Crippen LogP contribution >= 0.6 is 11.6 Å². The van der Waals surface area contributed by atoms with Crippen LogP contribution in [-0.4, -0.2) is 31.5 Å². The molecule has 178 valence electrons. The fourth-order valence-electron chi connectivity index (χ4n) is 4.11. The van der Waals surface area contributed by atoms with Crippen LogP contribution < -0.4 is 10.7 Å². The molecule has 3 N–H and O–H groups in total. The summed E-state index contributed by atoms with van der Waals surface area (Å²) in [7, 11) is 0. The number of nitrogens with zero attached hydrogens (tertiary/aromatic N) is 2. The van der Waals surface area contributed by atoms with E-state index in [-0.39, 0.29) is 17.8 Å². The molecule has 1 amide bonds. The summed E-state index contributed by atoms with van der Waals surface area (Å²) >= 11 is 6.19. The van der Waals surface area contributed by atoms with E-state index in [1.165, 1.54) is 4.57 Å². The van der Waals surface area contributed by atoms with Gasteiger partial charge in [0.05, 0.1) is 11.1 Å². The molecule has 0 aliphatic heterocycles. The van der Waals surface area contributed by atoms with E-state index < -0.39 is 17.3 Å². The van der Waals surface area contributed by atoms with Gasteiger partial charge in [-0.1, -0.05) is 41.9 Å². The highest BCUT2D eigenvalue weighted by molar-refractivity contribution is 6.31. The molecule has 0 saturated heterocycles. The smallest absolute Gasteiger partial charge is 0.353 e. The molecule has 3 aromatic carbocycles. The van der Waals surface area contributed by atoms with Crippen molar-refractivity contribution in [3.8, 4) is 17.1 Å². The number of aromatic nitrogens is 3. The van der Waals surface area contributed by atoms with Crippen molar-refractivity contribution < 1.29 is 14.7 Å². The molecule has 5 aromatic rings. The number of para-hydroxylation sites is 1. The third kappa shape index (κ3) is 4.25. The summed E-state index contributed by atoms with van der Waals surface area (Å²) in [4.78, 5) is 45.9. The van der Waals surface area contributed by atoms with Crippen LogP contribution in [0.1, 0.15) is 26.4 Å². The summed E-state index contributed by atoms with van der Waals surface area (Å²) in [6.45, 7) is -0.273. The predicted octanol–water partition coefficient (Wildman–Crippen LogP) is 4.66. The summed E-state index contributed by atoms with van der Waals surface area (Å²) in [5.41, 5.74) is 1.31. The highest BCUT2D eigenvalue weighted by atomic mass is 35.5. The molecule has 36 heavy (non-hydrogen) atoms. The zero-order chi connectivity index (χ0) is 25.2. The molecule has 0 unspecified atom stereocenters. The summed E-state index contributed by atoms with van der Waals surface area (Å²) < 4.78 is 1.48. The second-order valence-electron chi connectivity index (χ2n) is 7.99. The molecule has 2 aromatic heterocycles. The number of nitrogens with one attached hydrogen (secondary N) is 2. The molecular formula is C27H19ClN4O4. The molecule has 2 heterocycles. The van der Waals surface area contributed by atoms with Gasteiger partial charge >= 0.3 is 5.97 Å². The Morgan fingerprint density at radius 2 is 1.78 bits per heavy atom. The minimum atomic E-state index is -1.30. The number of aromatic amines is 1. The van der Waals surface area contributed by atoms with Crippen molar-refractivity contribution in [1.82, 2.24) is 19.9 Å². The summed E-state index contributed by atoms with van der Waals surface area (Å²) in [6.07, 6.45) is 3.34. The van der Waals surface area contributed by atoms with Gasteiger partial charge in [0, 0.05) is 46.2 Å². The Morgan fingerprint density at radius 1 is 1.03 bits per heavy atom. The first-order valence-electron chi connectivity index (χ1n) is 11.0. The monoisotopic (exact) mass is 498 g/mol. The number of carbonyl (C=O) groups excluding carboxylic acids is 1. The number of fused-ring (bicyclic) bond motifs is 1. The quantitative estimate of drug-likeness (QED) is 0.315. The maximum Gasteiger partial charge on any atom is 0.353 e. The molecule has 0 radical (unpaired) electrons. The van der Waals surface area contributed by atoms with Gasteiger partial charge in [-0.15, -0.1) is 0 Å². The number of halogens is 1. The SMILES string of the molecule is O=C(NCc1c(C(=O)O)n(-c2ccccc2)c2cc(Cl)ccc2c1=O)c1ccc(-c2ncc[nH]2)cc1. The number of amides is 1. The fraction of sp³-hybridized carbons (Fsp3) is 0.0370. The van der Waals surface area contributed by atoms with Crippen molar-refractivity contribution in [2.24, 2.45) is 0 Å². The number of hydrogen-bond acceptors (Lipinski definition) is 4. The number of imidazole rings is 1. The van der Waals surface area contributed by atoms with E-state index >= 15 is 0 Å². The average Bonchev–Trinajstić information content (AvgIpc) is 3.43. The first-order valence-corrected chi connectivity index (χ1v) is 11.4. The van der Waals surface area contributed by atoms with Crippen LogP contribution in [0.4, 0.5) is 0 Å². The second-order valence-corrected chi connectivity index (χ2v) is 8.43. The zero-order valence-corrected chi connectivity index (χ0v) is 19.5. The molecule has 9 heteroatoms. The van der Waals surface area contributed by atoms with Crippen LogP contribution in [0.15, 0.2) is 90.0 Å². The van der Waals surface area contributed by atoms with Crippen molar-refractivity contribution in [3.63, 3.8) is 0 Å². The van der Waals surface area contributed by atoms with Gasteiger partial charge in [-0.2, -0.15) is 0 Å². The lowest BCUT2D eigenvalue weighted by Crippen LogP contribution is -2.30. The Kier molecular flexibility index (Phi) is 6.10. The van der Waals surface area contributed by atoms with E-state index in [1.807, 2.05) is 0 Å². The highest BCUT2D eigenvalue weighted by Crippen LogP contribution is 2.25. The van der Waals surface area contributed by atoms with Gasteiger partial charge in [-0.05, 0) is 42.5 Å². The minimum absolute atomic E-state index is 0.0401. The summed E-state index contributed by atoms with van der Waals surface area (Å²) in [5, 5.41) is 13.5. The van der Waals surface area contributed by atoms with Crippen LogP contribution in [0.25, 0.3) is 28.0 Å². The molecular weight excluding hydrogens is 480 g/mol. The molecule has 0 aliphatic rings. The largest absolute Gasteiger partial charge is 0.477 e. The van der Waals surface area contributed by atoms with Gasteiger partial charge in [0.15, 0.2) is 5.43 Å². The lowest BCUT2D eigenvalue weighted by Gasteiger charge is -2.19. The molecule has 5 rings (SSSR count). The van der Waals surface area contributed by atoms with Gasteiger partial charge in [0.25, 0.3) is 5.91 Å².